The van der Waals surface area contributed by atoms with Crippen LogP contribution in [0.3, 0.4) is 0 Å². The SMILES string of the molecule is CC(C)CCC[C@@H](C)[C@H]1CC[C@H]2[C@@H]3CCC4=C(Br)C(=NO)CC[C@]4(C)[C@H]3CC[C@]12C. The van der Waals surface area contributed by atoms with E-state index in [9.17, 15) is 5.21 Å². The lowest BCUT2D eigenvalue weighted by Crippen LogP contribution is -2.51. The van der Waals surface area contributed by atoms with Crippen LogP contribution in [0, 0.1) is 46.3 Å². The quantitative estimate of drug-likeness (QED) is 0.311. The summed E-state index contributed by atoms with van der Waals surface area (Å²) in [6, 6.07) is 0. The number of nitrogens with zero attached hydrogens (tertiary/aromatic N) is 1. The highest BCUT2D eigenvalue weighted by molar-refractivity contribution is 9.12. The summed E-state index contributed by atoms with van der Waals surface area (Å²) in [6.07, 6.45) is 14.6. The summed E-state index contributed by atoms with van der Waals surface area (Å²) >= 11 is 3.83. The molecule has 4 aliphatic carbocycles. The molecule has 170 valence electrons. The lowest BCUT2D eigenvalue weighted by Gasteiger charge is -2.59. The van der Waals surface area contributed by atoms with Crippen LogP contribution < -0.4 is 0 Å². The van der Waals surface area contributed by atoms with Crippen molar-refractivity contribution >= 4 is 21.6 Å². The van der Waals surface area contributed by atoms with Crippen LogP contribution in [-0.2, 0) is 0 Å². The number of allylic oxidation sites excluding steroid dienone is 2. The van der Waals surface area contributed by atoms with E-state index in [4.69, 9.17) is 0 Å². The van der Waals surface area contributed by atoms with Crippen molar-refractivity contribution in [3.05, 3.63) is 10.1 Å². The first-order chi connectivity index (χ1) is 14.2. The largest absolute Gasteiger partial charge is 0.411 e. The van der Waals surface area contributed by atoms with Gasteiger partial charge in [-0.05, 0) is 119 Å². The third-order valence-electron chi connectivity index (χ3n) is 10.4. The van der Waals surface area contributed by atoms with Crippen molar-refractivity contribution in [1.82, 2.24) is 0 Å². The molecule has 30 heavy (non-hydrogen) atoms. The Bertz CT molecular complexity index is 712. The van der Waals surface area contributed by atoms with E-state index in [1.54, 1.807) is 5.57 Å². The molecule has 0 bridgehead atoms. The molecule has 0 spiro atoms. The van der Waals surface area contributed by atoms with Gasteiger partial charge in [-0.25, -0.2) is 0 Å². The number of oxime groups is 1. The Hall–Kier alpha value is -0.310. The third-order valence-corrected chi connectivity index (χ3v) is 11.3. The van der Waals surface area contributed by atoms with Crippen molar-refractivity contribution in [3.8, 4) is 0 Å². The Kier molecular flexibility index (Phi) is 6.53. The molecule has 4 aliphatic rings. The first-order valence-electron chi connectivity index (χ1n) is 12.8. The van der Waals surface area contributed by atoms with E-state index in [0.717, 1.165) is 58.5 Å². The Morgan fingerprint density at radius 1 is 1.00 bits per heavy atom. The molecule has 3 saturated carbocycles. The van der Waals surface area contributed by atoms with E-state index >= 15 is 0 Å². The fraction of sp³-hybridized carbons (Fsp3) is 0.889. The fourth-order valence-electron chi connectivity index (χ4n) is 8.78. The van der Waals surface area contributed by atoms with Gasteiger partial charge in [0.1, 0.15) is 0 Å². The summed E-state index contributed by atoms with van der Waals surface area (Å²) in [4.78, 5) is 0. The standard InChI is InChI=1S/C27H44BrNO/c1-17(2)7-6-8-18(3)20-11-12-21-19-9-10-23-25(28)24(29-30)14-16-27(23,5)22(19)13-15-26(20,21)4/h17-22,30H,6-16H2,1-5H3/t18-,19+,20-,21+,22+,26-,27-/m1/s1. The number of hydrogen-bond donors (Lipinski definition) is 1. The molecule has 0 saturated heterocycles. The topological polar surface area (TPSA) is 32.6 Å². The Balaban J connectivity index is 1.52. The third kappa shape index (κ3) is 3.63. The lowest BCUT2D eigenvalue weighted by atomic mass is 9.46. The summed E-state index contributed by atoms with van der Waals surface area (Å²) in [7, 11) is 0. The van der Waals surface area contributed by atoms with Crippen molar-refractivity contribution in [2.75, 3.05) is 0 Å². The first kappa shape index (κ1) is 22.9. The molecule has 4 rings (SSSR count). The van der Waals surface area contributed by atoms with Gasteiger partial charge in [-0.3, -0.25) is 0 Å². The monoisotopic (exact) mass is 477 g/mol. The molecular weight excluding hydrogens is 434 g/mol. The maximum Gasteiger partial charge on any atom is 0.0937 e. The van der Waals surface area contributed by atoms with Gasteiger partial charge < -0.3 is 5.21 Å². The van der Waals surface area contributed by atoms with Crippen LogP contribution >= 0.6 is 15.9 Å². The molecule has 3 fully saturated rings. The summed E-state index contributed by atoms with van der Waals surface area (Å²) in [5.74, 6) is 5.32. The number of rotatable bonds is 5. The van der Waals surface area contributed by atoms with E-state index in [1.807, 2.05) is 0 Å². The number of halogens is 1. The Morgan fingerprint density at radius 3 is 2.47 bits per heavy atom. The fourth-order valence-corrected chi connectivity index (χ4v) is 9.71. The first-order valence-corrected chi connectivity index (χ1v) is 13.6. The van der Waals surface area contributed by atoms with Gasteiger partial charge in [0, 0.05) is 4.48 Å². The van der Waals surface area contributed by atoms with Crippen molar-refractivity contribution in [1.29, 1.82) is 0 Å². The van der Waals surface area contributed by atoms with Crippen LogP contribution in [0.2, 0.25) is 0 Å². The minimum Gasteiger partial charge on any atom is -0.411 e. The summed E-state index contributed by atoms with van der Waals surface area (Å²) < 4.78 is 1.13. The number of fused-ring (bicyclic) bond motifs is 5. The Morgan fingerprint density at radius 2 is 1.77 bits per heavy atom. The average Bonchev–Trinajstić information content (AvgIpc) is 3.05. The van der Waals surface area contributed by atoms with Crippen LogP contribution in [0.25, 0.3) is 0 Å². The van der Waals surface area contributed by atoms with Crippen LogP contribution in [-0.4, -0.2) is 10.9 Å². The lowest BCUT2D eigenvalue weighted by molar-refractivity contribution is -0.0575. The summed E-state index contributed by atoms with van der Waals surface area (Å²) in [5, 5.41) is 13.0. The molecule has 0 unspecified atom stereocenters. The second-order valence-electron chi connectivity index (χ2n) is 12.2. The molecule has 2 nitrogen and oxygen atoms in total. The summed E-state index contributed by atoms with van der Waals surface area (Å²) in [6.45, 7) is 12.5. The molecule has 0 aromatic carbocycles. The van der Waals surface area contributed by atoms with Gasteiger partial charge in [-0.15, -0.1) is 0 Å². The summed E-state index contributed by atoms with van der Waals surface area (Å²) in [5.41, 5.74) is 3.30. The molecule has 7 atom stereocenters. The Labute approximate surface area is 193 Å². The number of hydrogen-bond acceptors (Lipinski definition) is 2. The molecule has 0 aliphatic heterocycles. The van der Waals surface area contributed by atoms with Crippen molar-refractivity contribution < 1.29 is 5.21 Å². The molecule has 0 aromatic rings. The molecule has 3 heteroatoms. The van der Waals surface area contributed by atoms with Crippen molar-refractivity contribution in [3.63, 3.8) is 0 Å². The van der Waals surface area contributed by atoms with Gasteiger partial charge in [0.25, 0.3) is 0 Å². The van der Waals surface area contributed by atoms with E-state index in [1.165, 1.54) is 57.8 Å². The van der Waals surface area contributed by atoms with E-state index in [2.05, 4.69) is 55.7 Å². The minimum atomic E-state index is 0.304. The normalized spacial score (nSPS) is 43.5. The predicted octanol–water partition coefficient (Wildman–Crippen LogP) is 8.58. The van der Waals surface area contributed by atoms with Crippen LogP contribution in [0.4, 0.5) is 0 Å². The van der Waals surface area contributed by atoms with Crippen LogP contribution in [0.15, 0.2) is 15.2 Å². The minimum absolute atomic E-state index is 0.304. The van der Waals surface area contributed by atoms with E-state index in [-0.39, 0.29) is 0 Å². The predicted molar refractivity (Wildman–Crippen MR) is 130 cm³/mol. The molecule has 0 aromatic heterocycles. The molecule has 0 radical (unpaired) electrons. The van der Waals surface area contributed by atoms with Crippen LogP contribution in [0.5, 0.6) is 0 Å². The van der Waals surface area contributed by atoms with Gasteiger partial charge in [-0.2, -0.15) is 0 Å². The van der Waals surface area contributed by atoms with Gasteiger partial charge in [0.05, 0.1) is 5.71 Å². The highest BCUT2D eigenvalue weighted by Gasteiger charge is 2.59. The molecule has 0 heterocycles. The van der Waals surface area contributed by atoms with Gasteiger partial charge in [-0.1, -0.05) is 59.0 Å². The smallest absolute Gasteiger partial charge is 0.0937 e. The maximum atomic E-state index is 9.42. The zero-order chi connectivity index (χ0) is 21.7. The zero-order valence-corrected chi connectivity index (χ0v) is 21.6. The second-order valence-corrected chi connectivity index (χ2v) is 13.0. The van der Waals surface area contributed by atoms with E-state index < -0.39 is 0 Å². The van der Waals surface area contributed by atoms with Gasteiger partial charge in [0.2, 0.25) is 0 Å². The zero-order valence-electron chi connectivity index (χ0n) is 20.0. The molecule has 0 amide bonds. The van der Waals surface area contributed by atoms with Crippen LogP contribution in [0.1, 0.15) is 105 Å². The average molecular weight is 479 g/mol. The molecular formula is C27H44BrNO. The van der Waals surface area contributed by atoms with Gasteiger partial charge >= 0.3 is 0 Å². The second kappa shape index (κ2) is 8.56. The van der Waals surface area contributed by atoms with Crippen molar-refractivity contribution in [2.24, 2.45) is 51.5 Å². The maximum absolute atomic E-state index is 9.42. The highest BCUT2D eigenvalue weighted by atomic mass is 79.9. The van der Waals surface area contributed by atoms with E-state index in [0.29, 0.717) is 10.8 Å². The van der Waals surface area contributed by atoms with Gasteiger partial charge in [0.15, 0.2) is 0 Å². The molecule has 1 N–H and O–H groups in total. The van der Waals surface area contributed by atoms with Crippen molar-refractivity contribution in [2.45, 2.75) is 105 Å². The highest BCUT2D eigenvalue weighted by Crippen LogP contribution is 2.68.